The SMILES string of the molecule is CC/C=C\C/C=C\C/C=C\C/C=C\C/C=C\C/C=C\CCC(=O)OCC(COCCCCCCCC/C=C\C/C=C\CCC)OC(=O)CCCCCCCCCCC. The van der Waals surface area contributed by atoms with Gasteiger partial charge in [-0.25, -0.2) is 0 Å². The average Bonchev–Trinajstić information content (AvgIpc) is 3.22. The van der Waals surface area contributed by atoms with Gasteiger partial charge in [-0.15, -0.1) is 0 Å². The lowest BCUT2D eigenvalue weighted by Crippen LogP contribution is -2.30. The van der Waals surface area contributed by atoms with E-state index in [1.54, 1.807) is 0 Å². The first kappa shape index (κ1) is 54.8. The number of esters is 2. The van der Waals surface area contributed by atoms with Crippen molar-refractivity contribution in [3.63, 3.8) is 0 Å². The Bertz CT molecular complexity index is 1140. The standard InChI is InChI=1S/C53H88O5/c1-4-7-10-13-16-19-21-23-25-26-27-28-29-30-32-35-37-40-43-46-52(54)57-50-51(58-53(55)47-44-41-38-34-18-15-12-9-6-3)49-56-48-45-42-39-36-33-31-24-22-20-17-14-11-8-5-2/h7,10-11,14,16,19-20,22-23,25,27-28,30,32,37,40,51H,4-6,8-9,12-13,15,17-18,21,24,26,29,31,33-36,38-39,41-50H2,1-3H3/b10-7-,14-11-,19-16-,22-20-,25-23-,28-27-,32-30-,40-37-. The van der Waals surface area contributed by atoms with Gasteiger partial charge in [0.15, 0.2) is 6.10 Å². The second-order valence-corrected chi connectivity index (χ2v) is 15.3. The number of rotatable bonds is 42. The summed E-state index contributed by atoms with van der Waals surface area (Å²) >= 11 is 0. The molecule has 58 heavy (non-hydrogen) atoms. The lowest BCUT2D eigenvalue weighted by Gasteiger charge is -2.18. The number of unbranched alkanes of at least 4 members (excludes halogenated alkanes) is 15. The van der Waals surface area contributed by atoms with Gasteiger partial charge < -0.3 is 14.2 Å². The maximum atomic E-state index is 12.7. The number of hydrogen-bond acceptors (Lipinski definition) is 5. The average molecular weight is 805 g/mol. The van der Waals surface area contributed by atoms with Crippen LogP contribution in [0.15, 0.2) is 97.2 Å². The predicted octanol–water partition coefficient (Wildman–Crippen LogP) is 15.9. The zero-order valence-corrected chi connectivity index (χ0v) is 37.8. The third-order valence-electron chi connectivity index (χ3n) is 9.60. The van der Waals surface area contributed by atoms with Crippen molar-refractivity contribution in [1.29, 1.82) is 0 Å². The molecule has 330 valence electrons. The van der Waals surface area contributed by atoms with Crippen LogP contribution in [-0.4, -0.2) is 37.9 Å². The summed E-state index contributed by atoms with van der Waals surface area (Å²) in [6.45, 7) is 7.52. The van der Waals surface area contributed by atoms with E-state index in [0.29, 0.717) is 25.9 Å². The largest absolute Gasteiger partial charge is 0.462 e. The van der Waals surface area contributed by atoms with Gasteiger partial charge in [0, 0.05) is 19.4 Å². The van der Waals surface area contributed by atoms with Crippen LogP contribution in [0.5, 0.6) is 0 Å². The molecular formula is C53H88O5. The summed E-state index contributed by atoms with van der Waals surface area (Å²) in [5.41, 5.74) is 0. The molecule has 0 fully saturated rings. The summed E-state index contributed by atoms with van der Waals surface area (Å²) in [7, 11) is 0. The van der Waals surface area contributed by atoms with E-state index in [1.807, 2.05) is 6.08 Å². The topological polar surface area (TPSA) is 61.8 Å². The van der Waals surface area contributed by atoms with Crippen molar-refractivity contribution in [3.8, 4) is 0 Å². The van der Waals surface area contributed by atoms with E-state index in [0.717, 1.165) is 83.5 Å². The molecule has 0 aliphatic heterocycles. The molecule has 1 atom stereocenters. The quantitative estimate of drug-likeness (QED) is 0.0349. The summed E-state index contributed by atoms with van der Waals surface area (Å²) in [4.78, 5) is 25.2. The van der Waals surface area contributed by atoms with Gasteiger partial charge in [0.05, 0.1) is 6.61 Å². The molecule has 5 nitrogen and oxygen atoms in total. The zero-order valence-electron chi connectivity index (χ0n) is 37.8. The molecule has 0 saturated carbocycles. The van der Waals surface area contributed by atoms with Gasteiger partial charge in [-0.1, -0.05) is 201 Å². The third kappa shape index (κ3) is 45.5. The van der Waals surface area contributed by atoms with Gasteiger partial charge in [0.25, 0.3) is 0 Å². The lowest BCUT2D eigenvalue weighted by molar-refractivity contribution is -0.162. The van der Waals surface area contributed by atoms with E-state index in [-0.39, 0.29) is 25.2 Å². The predicted molar refractivity (Wildman–Crippen MR) is 251 cm³/mol. The Morgan fingerprint density at radius 3 is 1.38 bits per heavy atom. The maximum absolute atomic E-state index is 12.7. The molecule has 5 heteroatoms. The smallest absolute Gasteiger partial charge is 0.306 e. The van der Waals surface area contributed by atoms with Crippen LogP contribution >= 0.6 is 0 Å². The molecule has 0 amide bonds. The molecule has 0 heterocycles. The van der Waals surface area contributed by atoms with E-state index in [9.17, 15) is 9.59 Å². The molecule has 0 saturated heterocycles. The second kappa shape index (κ2) is 48.2. The Morgan fingerprint density at radius 2 is 0.845 bits per heavy atom. The van der Waals surface area contributed by atoms with Gasteiger partial charge in [0.2, 0.25) is 0 Å². The van der Waals surface area contributed by atoms with Crippen LogP contribution in [0.25, 0.3) is 0 Å². The third-order valence-corrected chi connectivity index (χ3v) is 9.60. The van der Waals surface area contributed by atoms with Crippen LogP contribution in [0.3, 0.4) is 0 Å². The highest BCUT2D eigenvalue weighted by molar-refractivity contribution is 5.70. The van der Waals surface area contributed by atoms with Crippen LogP contribution in [0.1, 0.15) is 201 Å². The maximum Gasteiger partial charge on any atom is 0.306 e. The summed E-state index contributed by atoms with van der Waals surface area (Å²) in [5.74, 6) is -0.507. The second-order valence-electron chi connectivity index (χ2n) is 15.3. The van der Waals surface area contributed by atoms with Crippen molar-refractivity contribution in [2.24, 2.45) is 0 Å². The Kier molecular flexibility index (Phi) is 45.5. The summed E-state index contributed by atoms with van der Waals surface area (Å²) in [5, 5.41) is 0. The summed E-state index contributed by atoms with van der Waals surface area (Å²) < 4.78 is 17.2. The number of carbonyl (C=O) groups excluding carboxylic acids is 2. The molecular weight excluding hydrogens is 717 g/mol. The fourth-order valence-corrected chi connectivity index (χ4v) is 6.10. The summed E-state index contributed by atoms with van der Waals surface area (Å²) in [6, 6.07) is 0. The molecule has 0 rings (SSSR count). The molecule has 0 N–H and O–H groups in total. The van der Waals surface area contributed by atoms with Gasteiger partial charge in [-0.2, -0.15) is 0 Å². The highest BCUT2D eigenvalue weighted by atomic mass is 16.6. The molecule has 0 aliphatic carbocycles. The van der Waals surface area contributed by atoms with Gasteiger partial charge in [-0.3, -0.25) is 9.59 Å². The van der Waals surface area contributed by atoms with Crippen LogP contribution in [-0.2, 0) is 23.8 Å². The van der Waals surface area contributed by atoms with Gasteiger partial charge >= 0.3 is 11.9 Å². The van der Waals surface area contributed by atoms with Crippen molar-refractivity contribution < 1.29 is 23.8 Å². The Balaban J connectivity index is 4.36. The van der Waals surface area contributed by atoms with Gasteiger partial charge in [-0.05, 0) is 83.5 Å². The fraction of sp³-hybridized carbons (Fsp3) is 0.660. The van der Waals surface area contributed by atoms with Crippen LogP contribution in [0.2, 0.25) is 0 Å². The van der Waals surface area contributed by atoms with E-state index < -0.39 is 6.10 Å². The number of carbonyl (C=O) groups is 2. The first-order valence-corrected chi connectivity index (χ1v) is 23.8. The molecule has 0 aromatic carbocycles. The molecule has 1 unspecified atom stereocenters. The van der Waals surface area contributed by atoms with Crippen molar-refractivity contribution in [2.75, 3.05) is 19.8 Å². The first-order valence-electron chi connectivity index (χ1n) is 23.8. The van der Waals surface area contributed by atoms with Crippen LogP contribution in [0, 0.1) is 0 Å². The Hall–Kier alpha value is -3.18. The minimum atomic E-state index is -0.573. The highest BCUT2D eigenvalue weighted by Crippen LogP contribution is 2.12. The number of ether oxygens (including phenoxy) is 3. The van der Waals surface area contributed by atoms with E-state index in [2.05, 4.69) is 112 Å². The summed E-state index contributed by atoms with van der Waals surface area (Å²) in [6.07, 6.45) is 64.2. The van der Waals surface area contributed by atoms with E-state index in [4.69, 9.17) is 14.2 Å². The molecule has 0 aliphatic rings. The molecule has 0 radical (unpaired) electrons. The van der Waals surface area contributed by atoms with E-state index >= 15 is 0 Å². The van der Waals surface area contributed by atoms with Crippen LogP contribution in [0.4, 0.5) is 0 Å². The van der Waals surface area contributed by atoms with E-state index in [1.165, 1.54) is 77.0 Å². The molecule has 0 bridgehead atoms. The Morgan fingerprint density at radius 1 is 0.397 bits per heavy atom. The van der Waals surface area contributed by atoms with Crippen molar-refractivity contribution in [1.82, 2.24) is 0 Å². The highest BCUT2D eigenvalue weighted by Gasteiger charge is 2.17. The monoisotopic (exact) mass is 805 g/mol. The molecule has 0 spiro atoms. The van der Waals surface area contributed by atoms with Crippen LogP contribution < -0.4 is 0 Å². The van der Waals surface area contributed by atoms with Crippen molar-refractivity contribution in [2.45, 2.75) is 207 Å². The first-order chi connectivity index (χ1) is 28.6. The lowest BCUT2D eigenvalue weighted by atomic mass is 10.1. The van der Waals surface area contributed by atoms with Crippen molar-refractivity contribution in [3.05, 3.63) is 97.2 Å². The fourth-order valence-electron chi connectivity index (χ4n) is 6.10. The minimum Gasteiger partial charge on any atom is -0.462 e. The number of hydrogen-bond donors (Lipinski definition) is 0. The van der Waals surface area contributed by atoms with Gasteiger partial charge in [0.1, 0.15) is 6.61 Å². The number of allylic oxidation sites excluding steroid dienone is 16. The normalized spacial score (nSPS) is 13.1. The minimum absolute atomic E-state index is 0.0373. The zero-order chi connectivity index (χ0) is 42.1. The van der Waals surface area contributed by atoms with Crippen molar-refractivity contribution >= 4 is 11.9 Å². The molecule has 0 aromatic heterocycles. The molecule has 0 aromatic rings. The Labute approximate surface area is 358 Å².